The number of methoxy groups -OCH3 is 1. The highest BCUT2D eigenvalue weighted by molar-refractivity contribution is 6.10. The number of aromatic amines is 1. The molecule has 0 atom stereocenters. The Morgan fingerprint density at radius 3 is 2.67 bits per heavy atom. The molecule has 0 bridgehead atoms. The first-order valence-corrected chi connectivity index (χ1v) is 9.41. The zero-order valence-electron chi connectivity index (χ0n) is 17.0. The molecule has 0 spiro atoms. The van der Waals surface area contributed by atoms with Gasteiger partial charge >= 0.3 is 5.97 Å². The van der Waals surface area contributed by atoms with Crippen molar-refractivity contribution < 1.29 is 23.1 Å². The molecule has 0 aliphatic carbocycles. The number of halogens is 1. The van der Waals surface area contributed by atoms with Gasteiger partial charge in [-0.2, -0.15) is 5.10 Å². The van der Waals surface area contributed by atoms with Gasteiger partial charge in [0.1, 0.15) is 23.1 Å². The fourth-order valence-electron chi connectivity index (χ4n) is 3.43. The van der Waals surface area contributed by atoms with Crippen LogP contribution in [0.1, 0.15) is 28.7 Å². The van der Waals surface area contributed by atoms with Crippen molar-refractivity contribution in [2.45, 2.75) is 20.8 Å². The van der Waals surface area contributed by atoms with Crippen LogP contribution in [0.25, 0.3) is 33.6 Å². The molecule has 1 N–H and O–H groups in total. The SMILES string of the molecule is CCOC(=O)c1c(-c2ccc(OC)cc2F)nc2n[nH]c(C)c2c1-c1ccc(C)o1. The Kier molecular flexibility index (Phi) is 4.99. The monoisotopic (exact) mass is 409 g/mol. The maximum absolute atomic E-state index is 15.0. The number of fused-ring (bicyclic) bond motifs is 1. The number of furan rings is 1. The summed E-state index contributed by atoms with van der Waals surface area (Å²) in [7, 11) is 1.45. The molecule has 154 valence electrons. The second-order valence-corrected chi connectivity index (χ2v) is 6.73. The highest BCUT2D eigenvalue weighted by atomic mass is 19.1. The van der Waals surface area contributed by atoms with Crippen molar-refractivity contribution in [3.63, 3.8) is 0 Å². The average molecular weight is 409 g/mol. The third-order valence-corrected chi connectivity index (χ3v) is 4.78. The summed E-state index contributed by atoms with van der Waals surface area (Å²) in [5.74, 6) is 0.264. The van der Waals surface area contributed by atoms with Crippen LogP contribution in [0.15, 0.2) is 34.7 Å². The summed E-state index contributed by atoms with van der Waals surface area (Å²) in [6.45, 7) is 5.48. The van der Waals surface area contributed by atoms with Gasteiger partial charge in [-0.15, -0.1) is 0 Å². The van der Waals surface area contributed by atoms with E-state index in [0.29, 0.717) is 39.6 Å². The lowest BCUT2D eigenvalue weighted by Crippen LogP contribution is -2.11. The van der Waals surface area contributed by atoms with Crippen molar-refractivity contribution in [1.82, 2.24) is 15.2 Å². The molecule has 0 saturated heterocycles. The number of nitrogens with zero attached hydrogens (tertiary/aromatic N) is 2. The molecule has 0 aliphatic heterocycles. The first-order chi connectivity index (χ1) is 14.4. The number of H-pyrrole nitrogens is 1. The minimum Gasteiger partial charge on any atom is -0.497 e. The second kappa shape index (κ2) is 7.62. The Morgan fingerprint density at radius 2 is 2.03 bits per heavy atom. The van der Waals surface area contributed by atoms with Crippen molar-refractivity contribution in [2.75, 3.05) is 13.7 Å². The van der Waals surface area contributed by atoms with E-state index in [-0.39, 0.29) is 23.4 Å². The lowest BCUT2D eigenvalue weighted by Gasteiger charge is -2.14. The number of carbonyl (C=O) groups is 1. The van der Waals surface area contributed by atoms with E-state index in [0.717, 1.165) is 0 Å². The predicted molar refractivity (Wildman–Crippen MR) is 109 cm³/mol. The van der Waals surface area contributed by atoms with Crippen LogP contribution in [0.4, 0.5) is 4.39 Å². The van der Waals surface area contributed by atoms with Crippen LogP contribution in [0.2, 0.25) is 0 Å². The zero-order chi connectivity index (χ0) is 21.4. The van der Waals surface area contributed by atoms with Crippen LogP contribution >= 0.6 is 0 Å². The molecule has 3 aromatic heterocycles. The predicted octanol–water partition coefficient (Wildman–Crippen LogP) is 4.83. The lowest BCUT2D eigenvalue weighted by molar-refractivity contribution is 0.0527. The van der Waals surface area contributed by atoms with Gasteiger partial charge in [-0.1, -0.05) is 0 Å². The normalized spacial score (nSPS) is 11.1. The molecular formula is C22H20FN3O4. The van der Waals surface area contributed by atoms with Crippen molar-refractivity contribution in [1.29, 1.82) is 0 Å². The minimum atomic E-state index is -0.623. The molecule has 0 fully saturated rings. The average Bonchev–Trinajstić information content (AvgIpc) is 3.32. The molecule has 3 heterocycles. The lowest BCUT2D eigenvalue weighted by atomic mass is 9.95. The van der Waals surface area contributed by atoms with E-state index in [4.69, 9.17) is 13.9 Å². The first kappa shape index (κ1) is 19.6. The number of aryl methyl sites for hydroxylation is 2. The maximum atomic E-state index is 15.0. The largest absolute Gasteiger partial charge is 0.497 e. The quantitative estimate of drug-likeness (QED) is 0.475. The van der Waals surface area contributed by atoms with Crippen LogP contribution in [0, 0.1) is 19.7 Å². The van der Waals surface area contributed by atoms with Gasteiger partial charge in [0.25, 0.3) is 0 Å². The van der Waals surface area contributed by atoms with E-state index < -0.39 is 11.8 Å². The van der Waals surface area contributed by atoms with Gasteiger partial charge in [0.2, 0.25) is 0 Å². The van der Waals surface area contributed by atoms with E-state index in [1.54, 1.807) is 32.0 Å². The summed E-state index contributed by atoms with van der Waals surface area (Å²) >= 11 is 0. The molecule has 8 heteroatoms. The molecule has 0 unspecified atom stereocenters. The molecule has 4 rings (SSSR count). The highest BCUT2D eigenvalue weighted by Gasteiger charge is 2.29. The van der Waals surface area contributed by atoms with Crippen LogP contribution in [-0.4, -0.2) is 34.9 Å². The molecule has 0 saturated carbocycles. The number of hydrogen-bond donors (Lipinski definition) is 1. The van der Waals surface area contributed by atoms with Crippen molar-refractivity contribution >= 4 is 17.0 Å². The topological polar surface area (TPSA) is 90.2 Å². The first-order valence-electron chi connectivity index (χ1n) is 9.41. The number of carbonyl (C=O) groups excluding carboxylic acids is 1. The van der Waals surface area contributed by atoms with Gasteiger partial charge < -0.3 is 13.9 Å². The van der Waals surface area contributed by atoms with Crippen LogP contribution in [0.3, 0.4) is 0 Å². The van der Waals surface area contributed by atoms with Gasteiger partial charge in [0.05, 0.1) is 30.4 Å². The van der Waals surface area contributed by atoms with Crippen molar-refractivity contribution in [3.05, 3.63) is 53.2 Å². The smallest absolute Gasteiger partial charge is 0.341 e. The standard InChI is InChI=1S/C22H20FN3O4/c1-5-29-22(27)19-18(16-9-6-11(2)30-16)17-12(3)25-26-21(17)24-20(19)14-8-7-13(28-4)10-15(14)23/h6-10H,5H2,1-4H3,(H,24,25,26). The zero-order valence-corrected chi connectivity index (χ0v) is 17.0. The van der Waals surface area contributed by atoms with Gasteiger partial charge in [-0.25, -0.2) is 14.2 Å². The van der Waals surface area contributed by atoms with Gasteiger partial charge in [-0.3, -0.25) is 5.10 Å². The minimum absolute atomic E-state index is 0.118. The van der Waals surface area contributed by atoms with E-state index >= 15 is 0 Å². The third kappa shape index (κ3) is 3.20. The number of rotatable bonds is 5. The van der Waals surface area contributed by atoms with Gasteiger partial charge in [-0.05, 0) is 45.0 Å². The summed E-state index contributed by atoms with van der Waals surface area (Å²) in [4.78, 5) is 17.6. The second-order valence-electron chi connectivity index (χ2n) is 6.73. The summed E-state index contributed by atoms with van der Waals surface area (Å²) in [6, 6.07) is 7.91. The van der Waals surface area contributed by atoms with Crippen LogP contribution < -0.4 is 4.74 Å². The molecular weight excluding hydrogens is 389 g/mol. The third-order valence-electron chi connectivity index (χ3n) is 4.78. The molecule has 7 nitrogen and oxygen atoms in total. The van der Waals surface area contributed by atoms with Gasteiger partial charge in [0.15, 0.2) is 5.65 Å². The number of pyridine rings is 1. The Morgan fingerprint density at radius 1 is 1.23 bits per heavy atom. The summed E-state index contributed by atoms with van der Waals surface area (Å²) in [5.41, 5.74) is 1.88. The fourth-order valence-corrected chi connectivity index (χ4v) is 3.43. The number of esters is 1. The molecule has 0 aliphatic rings. The van der Waals surface area contributed by atoms with Crippen LogP contribution in [-0.2, 0) is 4.74 Å². The summed E-state index contributed by atoms with van der Waals surface area (Å²) in [5, 5.41) is 7.73. The molecule has 0 radical (unpaired) electrons. The van der Waals surface area contributed by atoms with E-state index in [9.17, 15) is 9.18 Å². The van der Waals surface area contributed by atoms with Gasteiger partial charge in [0, 0.05) is 22.9 Å². The Balaban J connectivity index is 2.13. The number of benzene rings is 1. The molecule has 30 heavy (non-hydrogen) atoms. The number of nitrogens with one attached hydrogen (secondary N) is 1. The van der Waals surface area contributed by atoms with E-state index in [2.05, 4.69) is 15.2 Å². The summed E-state index contributed by atoms with van der Waals surface area (Å²) < 4.78 is 31.2. The number of hydrogen-bond acceptors (Lipinski definition) is 6. The van der Waals surface area contributed by atoms with Crippen molar-refractivity contribution in [3.8, 4) is 28.3 Å². The Bertz CT molecular complexity index is 1260. The van der Waals surface area contributed by atoms with E-state index in [1.165, 1.54) is 19.2 Å². The molecule has 0 amide bonds. The van der Waals surface area contributed by atoms with E-state index in [1.807, 2.05) is 6.92 Å². The number of aromatic nitrogens is 3. The van der Waals surface area contributed by atoms with Crippen LogP contribution in [0.5, 0.6) is 5.75 Å². The molecule has 1 aromatic carbocycles. The Labute approximate surface area is 171 Å². The summed E-state index contributed by atoms with van der Waals surface area (Å²) in [6.07, 6.45) is 0. The van der Waals surface area contributed by atoms with Crippen molar-refractivity contribution in [2.24, 2.45) is 0 Å². The highest BCUT2D eigenvalue weighted by Crippen LogP contribution is 2.40. The Hall–Kier alpha value is -3.68. The fraction of sp³-hybridized carbons (Fsp3) is 0.227. The molecule has 4 aromatic rings. The maximum Gasteiger partial charge on any atom is 0.341 e. The number of ether oxygens (including phenoxy) is 2.